The first-order chi connectivity index (χ1) is 14.3. The minimum absolute atomic E-state index is 0.145. The van der Waals surface area contributed by atoms with Gasteiger partial charge in [0.25, 0.3) is 5.56 Å². The van der Waals surface area contributed by atoms with E-state index in [-0.39, 0.29) is 11.4 Å². The predicted molar refractivity (Wildman–Crippen MR) is 110 cm³/mol. The highest BCUT2D eigenvalue weighted by Gasteiger charge is 2.26. The molecule has 0 unspecified atom stereocenters. The fraction of sp³-hybridized carbons (Fsp3) is 0.381. The maximum Gasteiger partial charge on any atom is 0.331 e. The van der Waals surface area contributed by atoms with Crippen LogP contribution in [-0.2, 0) is 24.3 Å². The SMILES string of the molecule is Cc1ccc(C)c(NC(=O)Cn2c(=O)c(-c3noc(C)n3)c3n(c2=O)CCCC3)c1. The van der Waals surface area contributed by atoms with Gasteiger partial charge in [-0.1, -0.05) is 17.3 Å². The summed E-state index contributed by atoms with van der Waals surface area (Å²) in [6, 6.07) is 5.70. The third-order valence-electron chi connectivity index (χ3n) is 5.30. The van der Waals surface area contributed by atoms with Crippen LogP contribution in [0.15, 0.2) is 32.3 Å². The van der Waals surface area contributed by atoms with Gasteiger partial charge in [0.2, 0.25) is 17.6 Å². The average molecular weight is 409 g/mol. The molecule has 3 heterocycles. The summed E-state index contributed by atoms with van der Waals surface area (Å²) in [5.41, 5.74) is 2.30. The van der Waals surface area contributed by atoms with Crippen LogP contribution in [0.5, 0.6) is 0 Å². The first-order valence-electron chi connectivity index (χ1n) is 9.89. The number of carbonyl (C=O) groups is 1. The molecule has 1 N–H and O–H groups in total. The fourth-order valence-corrected chi connectivity index (χ4v) is 3.76. The monoisotopic (exact) mass is 409 g/mol. The molecular formula is C21H23N5O4. The molecule has 4 rings (SSSR count). The van der Waals surface area contributed by atoms with Gasteiger partial charge in [0, 0.05) is 24.8 Å². The molecule has 0 atom stereocenters. The van der Waals surface area contributed by atoms with Crippen LogP contribution >= 0.6 is 0 Å². The third-order valence-corrected chi connectivity index (χ3v) is 5.30. The van der Waals surface area contributed by atoms with Crippen LogP contribution in [0.1, 0.15) is 35.6 Å². The normalized spacial score (nSPS) is 13.2. The average Bonchev–Trinajstić information content (AvgIpc) is 3.14. The Labute approximate surface area is 172 Å². The van der Waals surface area contributed by atoms with Crippen molar-refractivity contribution < 1.29 is 9.32 Å². The summed E-state index contributed by atoms with van der Waals surface area (Å²) in [7, 11) is 0. The van der Waals surface area contributed by atoms with E-state index in [1.807, 2.05) is 32.0 Å². The number of amides is 1. The Kier molecular flexibility index (Phi) is 5.11. The van der Waals surface area contributed by atoms with Gasteiger partial charge in [-0.3, -0.25) is 18.7 Å². The Morgan fingerprint density at radius 3 is 2.73 bits per heavy atom. The lowest BCUT2D eigenvalue weighted by Gasteiger charge is -2.21. The number of nitrogens with zero attached hydrogens (tertiary/aromatic N) is 4. The van der Waals surface area contributed by atoms with E-state index in [1.54, 1.807) is 11.5 Å². The minimum Gasteiger partial charge on any atom is -0.339 e. The summed E-state index contributed by atoms with van der Waals surface area (Å²) in [4.78, 5) is 43.1. The number of fused-ring (bicyclic) bond motifs is 1. The van der Waals surface area contributed by atoms with Crippen LogP contribution < -0.4 is 16.6 Å². The topological polar surface area (TPSA) is 112 Å². The predicted octanol–water partition coefficient (Wildman–Crippen LogP) is 1.96. The van der Waals surface area contributed by atoms with Crippen molar-refractivity contribution in [1.29, 1.82) is 0 Å². The van der Waals surface area contributed by atoms with Gasteiger partial charge in [-0.15, -0.1) is 0 Å². The van der Waals surface area contributed by atoms with Gasteiger partial charge in [0.15, 0.2) is 0 Å². The lowest BCUT2D eigenvalue weighted by Crippen LogP contribution is -2.45. The van der Waals surface area contributed by atoms with Crippen LogP contribution in [0.3, 0.4) is 0 Å². The standard InChI is InChI=1S/C21H23N5O4/c1-12-7-8-13(2)15(10-12)23-17(27)11-26-20(28)18(19-22-14(3)30-24-19)16-6-4-5-9-25(16)21(26)29/h7-8,10H,4-6,9,11H2,1-3H3,(H,23,27). The number of aromatic nitrogens is 4. The van der Waals surface area contributed by atoms with Crippen molar-refractivity contribution in [2.75, 3.05) is 5.32 Å². The largest absolute Gasteiger partial charge is 0.339 e. The van der Waals surface area contributed by atoms with Gasteiger partial charge in [-0.05, 0) is 50.3 Å². The molecule has 9 heteroatoms. The van der Waals surface area contributed by atoms with E-state index in [2.05, 4.69) is 15.5 Å². The number of aryl methyl sites for hydroxylation is 3. The Balaban J connectivity index is 1.76. The number of nitrogens with one attached hydrogen (secondary N) is 1. The Bertz CT molecular complexity index is 1250. The van der Waals surface area contributed by atoms with Crippen molar-refractivity contribution in [3.05, 3.63) is 61.7 Å². The molecule has 1 amide bonds. The highest BCUT2D eigenvalue weighted by atomic mass is 16.5. The van der Waals surface area contributed by atoms with E-state index in [4.69, 9.17) is 4.52 Å². The summed E-state index contributed by atoms with van der Waals surface area (Å²) in [5, 5.41) is 6.68. The van der Waals surface area contributed by atoms with E-state index in [0.717, 1.165) is 28.5 Å². The van der Waals surface area contributed by atoms with Crippen molar-refractivity contribution in [2.45, 2.75) is 53.1 Å². The van der Waals surface area contributed by atoms with Gasteiger partial charge >= 0.3 is 5.69 Å². The van der Waals surface area contributed by atoms with Crippen LogP contribution in [0, 0.1) is 20.8 Å². The third kappa shape index (κ3) is 3.58. The molecule has 0 aliphatic carbocycles. The second-order valence-electron chi connectivity index (χ2n) is 7.61. The molecule has 2 aromatic heterocycles. The zero-order valence-electron chi connectivity index (χ0n) is 17.2. The molecule has 0 spiro atoms. The number of benzene rings is 1. The number of rotatable bonds is 4. The molecule has 1 aromatic carbocycles. The maximum atomic E-state index is 13.2. The molecule has 156 valence electrons. The quantitative estimate of drug-likeness (QED) is 0.705. The van der Waals surface area contributed by atoms with Gasteiger partial charge in [0.1, 0.15) is 12.1 Å². The van der Waals surface area contributed by atoms with E-state index in [1.165, 1.54) is 0 Å². The van der Waals surface area contributed by atoms with Gasteiger partial charge in [-0.25, -0.2) is 4.79 Å². The molecule has 9 nitrogen and oxygen atoms in total. The lowest BCUT2D eigenvalue weighted by molar-refractivity contribution is -0.116. The Morgan fingerprint density at radius 2 is 2.00 bits per heavy atom. The summed E-state index contributed by atoms with van der Waals surface area (Å²) in [6.07, 6.45) is 2.26. The Hall–Kier alpha value is -3.49. The first-order valence-corrected chi connectivity index (χ1v) is 9.89. The fourth-order valence-electron chi connectivity index (χ4n) is 3.76. The van der Waals surface area contributed by atoms with E-state index in [0.29, 0.717) is 30.2 Å². The number of carbonyl (C=O) groups excluding carboxylic acids is 1. The molecule has 0 fully saturated rings. The van der Waals surface area contributed by atoms with Crippen LogP contribution in [-0.4, -0.2) is 25.2 Å². The molecule has 30 heavy (non-hydrogen) atoms. The molecule has 1 aliphatic rings. The molecule has 3 aromatic rings. The second kappa shape index (κ2) is 7.74. The second-order valence-corrected chi connectivity index (χ2v) is 7.61. The summed E-state index contributed by atoms with van der Waals surface area (Å²) in [5.74, 6) is 0.0192. The van der Waals surface area contributed by atoms with Crippen molar-refractivity contribution in [2.24, 2.45) is 0 Å². The lowest BCUT2D eigenvalue weighted by atomic mass is 10.0. The summed E-state index contributed by atoms with van der Waals surface area (Å²) < 4.78 is 7.55. The summed E-state index contributed by atoms with van der Waals surface area (Å²) in [6.45, 7) is 5.53. The molecule has 0 radical (unpaired) electrons. The molecular weight excluding hydrogens is 386 g/mol. The summed E-state index contributed by atoms with van der Waals surface area (Å²) >= 11 is 0. The van der Waals surface area contributed by atoms with Crippen LogP contribution in [0.25, 0.3) is 11.4 Å². The number of hydrogen-bond donors (Lipinski definition) is 1. The molecule has 1 aliphatic heterocycles. The van der Waals surface area contributed by atoms with Gasteiger partial charge in [-0.2, -0.15) is 4.98 Å². The van der Waals surface area contributed by atoms with Crippen LogP contribution in [0.4, 0.5) is 5.69 Å². The van der Waals surface area contributed by atoms with E-state index >= 15 is 0 Å². The molecule has 0 saturated heterocycles. The number of anilines is 1. The first kappa shape index (κ1) is 19.8. The molecule has 0 saturated carbocycles. The van der Waals surface area contributed by atoms with Crippen molar-refractivity contribution >= 4 is 11.6 Å². The maximum absolute atomic E-state index is 13.2. The van der Waals surface area contributed by atoms with Gasteiger partial charge < -0.3 is 9.84 Å². The minimum atomic E-state index is -0.579. The molecule has 0 bridgehead atoms. The highest BCUT2D eigenvalue weighted by molar-refractivity contribution is 5.91. The van der Waals surface area contributed by atoms with Crippen LogP contribution in [0.2, 0.25) is 0 Å². The van der Waals surface area contributed by atoms with Gasteiger partial charge in [0.05, 0.1) is 0 Å². The Morgan fingerprint density at radius 1 is 1.20 bits per heavy atom. The van der Waals surface area contributed by atoms with Crippen molar-refractivity contribution in [3.63, 3.8) is 0 Å². The van der Waals surface area contributed by atoms with Crippen molar-refractivity contribution in [3.8, 4) is 11.4 Å². The zero-order valence-corrected chi connectivity index (χ0v) is 17.2. The van der Waals surface area contributed by atoms with E-state index in [9.17, 15) is 14.4 Å². The van der Waals surface area contributed by atoms with E-state index < -0.39 is 23.7 Å². The zero-order chi connectivity index (χ0) is 21.4. The smallest absolute Gasteiger partial charge is 0.331 e. The number of hydrogen-bond acceptors (Lipinski definition) is 6. The highest BCUT2D eigenvalue weighted by Crippen LogP contribution is 2.22. The van der Waals surface area contributed by atoms with Crippen molar-refractivity contribution in [1.82, 2.24) is 19.3 Å².